The van der Waals surface area contributed by atoms with Crippen LogP contribution in [0, 0.1) is 17.1 Å². The fourth-order valence-corrected chi connectivity index (χ4v) is 2.94. The van der Waals surface area contributed by atoms with Crippen molar-refractivity contribution < 1.29 is 14.3 Å². The predicted octanol–water partition coefficient (Wildman–Crippen LogP) is 2.71. The highest BCUT2D eigenvalue weighted by Gasteiger charge is 2.31. The van der Waals surface area contributed by atoms with Gasteiger partial charge in [0.05, 0.1) is 11.6 Å². The molecule has 0 spiro atoms. The zero-order chi connectivity index (χ0) is 16.4. The number of carboxylic acid groups (broad SMARTS) is 1. The summed E-state index contributed by atoms with van der Waals surface area (Å²) in [5, 5.41) is 18.3. The number of halogens is 1. The van der Waals surface area contributed by atoms with Crippen molar-refractivity contribution >= 4 is 5.97 Å². The summed E-state index contributed by atoms with van der Waals surface area (Å²) in [6.07, 6.45) is 0.362. The number of aliphatic carboxylic acids is 1. The lowest BCUT2D eigenvalue weighted by molar-refractivity contribution is -0.144. The van der Waals surface area contributed by atoms with Crippen molar-refractivity contribution in [3.63, 3.8) is 0 Å². The predicted molar refractivity (Wildman–Crippen MR) is 81.9 cm³/mol. The number of benzene rings is 2. The number of hydrogen-bond donors (Lipinski definition) is 1. The third-order valence-corrected chi connectivity index (χ3v) is 4.15. The van der Waals surface area contributed by atoms with Gasteiger partial charge in [0, 0.05) is 13.1 Å². The largest absolute Gasteiger partial charge is 0.480 e. The number of carboxylic acids is 1. The maximum absolute atomic E-state index is 13.4. The van der Waals surface area contributed by atoms with E-state index in [0.29, 0.717) is 25.1 Å². The summed E-state index contributed by atoms with van der Waals surface area (Å²) in [6, 6.07) is 13.0. The van der Waals surface area contributed by atoms with E-state index in [0.717, 1.165) is 16.7 Å². The molecule has 5 heteroatoms. The number of fused-ring (bicyclic) bond motifs is 1. The molecule has 2 aromatic rings. The second-order valence-corrected chi connectivity index (χ2v) is 5.68. The Bertz CT molecular complexity index is 781. The van der Waals surface area contributed by atoms with Gasteiger partial charge in [-0.3, -0.25) is 9.69 Å². The molecule has 0 saturated carbocycles. The van der Waals surface area contributed by atoms with Crippen molar-refractivity contribution in [1.29, 1.82) is 5.26 Å². The van der Waals surface area contributed by atoms with Gasteiger partial charge in [-0.1, -0.05) is 18.2 Å². The monoisotopic (exact) mass is 310 g/mol. The Morgan fingerprint density at radius 3 is 2.65 bits per heavy atom. The van der Waals surface area contributed by atoms with Crippen LogP contribution in [0.5, 0.6) is 0 Å². The molecule has 0 amide bonds. The maximum Gasteiger partial charge on any atom is 0.321 e. The summed E-state index contributed by atoms with van der Waals surface area (Å²) in [4.78, 5) is 13.4. The van der Waals surface area contributed by atoms with Gasteiger partial charge in [0.1, 0.15) is 11.9 Å². The van der Waals surface area contributed by atoms with E-state index < -0.39 is 12.0 Å². The van der Waals surface area contributed by atoms with E-state index in [1.54, 1.807) is 18.2 Å². The second kappa shape index (κ2) is 6.19. The van der Waals surface area contributed by atoms with E-state index in [1.165, 1.54) is 12.1 Å². The molecule has 2 aromatic carbocycles. The summed E-state index contributed by atoms with van der Waals surface area (Å²) < 4.78 is 13.4. The molecule has 116 valence electrons. The Morgan fingerprint density at radius 2 is 2.00 bits per heavy atom. The zero-order valence-electron chi connectivity index (χ0n) is 12.4. The van der Waals surface area contributed by atoms with Crippen molar-refractivity contribution in [2.24, 2.45) is 0 Å². The van der Waals surface area contributed by atoms with Crippen LogP contribution in [0.4, 0.5) is 4.39 Å². The van der Waals surface area contributed by atoms with Crippen molar-refractivity contribution in [1.82, 2.24) is 4.90 Å². The second-order valence-electron chi connectivity index (χ2n) is 5.68. The lowest BCUT2D eigenvalue weighted by atomic mass is 9.93. The molecule has 4 nitrogen and oxygen atoms in total. The van der Waals surface area contributed by atoms with Gasteiger partial charge < -0.3 is 5.11 Å². The van der Waals surface area contributed by atoms with Crippen LogP contribution in [0.2, 0.25) is 0 Å². The van der Waals surface area contributed by atoms with Gasteiger partial charge >= 0.3 is 5.97 Å². The SMILES string of the molecule is N#Cc1ccc(CN2Cc3cc(F)ccc3CC2C(=O)O)cc1. The fourth-order valence-electron chi connectivity index (χ4n) is 2.94. The van der Waals surface area contributed by atoms with E-state index in [1.807, 2.05) is 17.0 Å². The summed E-state index contributed by atoms with van der Waals surface area (Å²) in [6.45, 7) is 0.836. The van der Waals surface area contributed by atoms with Crippen LogP contribution >= 0.6 is 0 Å². The average Bonchev–Trinajstić information content (AvgIpc) is 2.54. The summed E-state index contributed by atoms with van der Waals surface area (Å²) in [7, 11) is 0. The van der Waals surface area contributed by atoms with Crippen LogP contribution in [0.1, 0.15) is 22.3 Å². The molecular weight excluding hydrogens is 295 g/mol. The van der Waals surface area contributed by atoms with Gasteiger partial charge in [-0.05, 0) is 47.4 Å². The molecule has 0 saturated heterocycles. The first-order chi connectivity index (χ1) is 11.1. The first-order valence-corrected chi connectivity index (χ1v) is 7.30. The maximum atomic E-state index is 13.4. The summed E-state index contributed by atoms with van der Waals surface area (Å²) in [5.41, 5.74) is 3.20. The van der Waals surface area contributed by atoms with Gasteiger partial charge in [0.15, 0.2) is 0 Å². The van der Waals surface area contributed by atoms with E-state index in [2.05, 4.69) is 6.07 Å². The molecule has 1 unspecified atom stereocenters. The smallest absolute Gasteiger partial charge is 0.321 e. The fraction of sp³-hybridized carbons (Fsp3) is 0.222. The third-order valence-electron chi connectivity index (χ3n) is 4.15. The first kappa shape index (κ1) is 15.2. The Hall–Kier alpha value is -2.71. The summed E-state index contributed by atoms with van der Waals surface area (Å²) >= 11 is 0. The topological polar surface area (TPSA) is 64.3 Å². The van der Waals surface area contributed by atoms with E-state index in [9.17, 15) is 14.3 Å². The quantitative estimate of drug-likeness (QED) is 0.946. The number of nitrogens with zero attached hydrogens (tertiary/aromatic N) is 2. The van der Waals surface area contributed by atoms with E-state index in [4.69, 9.17) is 5.26 Å². The van der Waals surface area contributed by atoms with Crippen LogP contribution in [0.25, 0.3) is 0 Å². The lowest BCUT2D eigenvalue weighted by Crippen LogP contribution is -2.45. The minimum atomic E-state index is -0.881. The van der Waals surface area contributed by atoms with Crippen LogP contribution in [-0.4, -0.2) is 22.0 Å². The minimum absolute atomic E-state index is 0.309. The molecular formula is C18H15FN2O2. The Morgan fingerprint density at radius 1 is 1.26 bits per heavy atom. The molecule has 0 radical (unpaired) electrons. The highest BCUT2D eigenvalue weighted by atomic mass is 19.1. The van der Waals surface area contributed by atoms with Crippen LogP contribution in [0.15, 0.2) is 42.5 Å². The van der Waals surface area contributed by atoms with Crippen LogP contribution < -0.4 is 0 Å². The Balaban J connectivity index is 1.86. The Labute approximate surface area is 133 Å². The number of rotatable bonds is 3. The molecule has 23 heavy (non-hydrogen) atoms. The van der Waals surface area contributed by atoms with Gasteiger partial charge in [-0.2, -0.15) is 5.26 Å². The standard InChI is InChI=1S/C18H15FN2O2/c19-16-6-5-14-8-17(18(22)23)21(11-15(14)7-16)10-13-3-1-12(9-20)2-4-13/h1-7,17H,8,10-11H2,(H,22,23). The van der Waals surface area contributed by atoms with Crippen molar-refractivity contribution in [3.8, 4) is 6.07 Å². The molecule has 3 rings (SSSR count). The van der Waals surface area contributed by atoms with Gasteiger partial charge in [0.25, 0.3) is 0 Å². The van der Waals surface area contributed by atoms with Crippen molar-refractivity contribution in [2.75, 3.05) is 0 Å². The highest BCUT2D eigenvalue weighted by molar-refractivity contribution is 5.74. The molecule has 1 aliphatic rings. The Kier molecular flexibility index (Phi) is 4.09. The first-order valence-electron chi connectivity index (χ1n) is 7.30. The van der Waals surface area contributed by atoms with Crippen LogP contribution in [-0.2, 0) is 24.3 Å². The van der Waals surface area contributed by atoms with Crippen molar-refractivity contribution in [2.45, 2.75) is 25.6 Å². The highest BCUT2D eigenvalue weighted by Crippen LogP contribution is 2.26. The molecule has 1 N–H and O–H groups in total. The average molecular weight is 310 g/mol. The van der Waals surface area contributed by atoms with E-state index in [-0.39, 0.29) is 5.82 Å². The van der Waals surface area contributed by atoms with Gasteiger partial charge in [-0.15, -0.1) is 0 Å². The third kappa shape index (κ3) is 3.22. The van der Waals surface area contributed by atoms with Gasteiger partial charge in [-0.25, -0.2) is 4.39 Å². The van der Waals surface area contributed by atoms with Crippen LogP contribution in [0.3, 0.4) is 0 Å². The van der Waals surface area contributed by atoms with Crippen molar-refractivity contribution in [3.05, 3.63) is 70.5 Å². The molecule has 0 aromatic heterocycles. The molecule has 0 bridgehead atoms. The lowest BCUT2D eigenvalue weighted by Gasteiger charge is -2.34. The number of nitriles is 1. The molecule has 0 fully saturated rings. The van der Waals surface area contributed by atoms with E-state index >= 15 is 0 Å². The molecule has 1 heterocycles. The molecule has 1 aliphatic heterocycles. The number of carbonyl (C=O) groups is 1. The normalized spacial score (nSPS) is 17.3. The molecule has 0 aliphatic carbocycles. The zero-order valence-corrected chi connectivity index (χ0v) is 12.4. The van der Waals surface area contributed by atoms with Gasteiger partial charge in [0.2, 0.25) is 0 Å². The minimum Gasteiger partial charge on any atom is -0.480 e. The summed E-state index contributed by atoms with van der Waals surface area (Å²) in [5.74, 6) is -1.19. The molecule has 1 atom stereocenters. The number of hydrogen-bond acceptors (Lipinski definition) is 3.